The van der Waals surface area contributed by atoms with Gasteiger partial charge in [-0.15, -0.1) is 0 Å². The number of rotatable bonds is 10. The van der Waals surface area contributed by atoms with Gasteiger partial charge in [-0.05, 0) is 42.7 Å². The summed E-state index contributed by atoms with van der Waals surface area (Å²) >= 11 is 0. The first kappa shape index (κ1) is 21.2. The van der Waals surface area contributed by atoms with Crippen LogP contribution in [0.1, 0.15) is 57.2 Å². The first-order valence-electron chi connectivity index (χ1n) is 9.17. The SMILES string of the molecule is Cc1ccc(CCC(=O)OCC(C)C)c(CCC(=O)OCC(C)C)c1. The Hall–Kier alpha value is -1.84. The Morgan fingerprint density at radius 2 is 1.32 bits per heavy atom. The molecule has 0 aromatic heterocycles. The van der Waals surface area contributed by atoms with Gasteiger partial charge in [0.15, 0.2) is 0 Å². The van der Waals surface area contributed by atoms with Crippen molar-refractivity contribution in [3.05, 3.63) is 34.9 Å². The number of esters is 2. The molecule has 0 aliphatic carbocycles. The molecule has 0 saturated heterocycles. The van der Waals surface area contributed by atoms with E-state index in [0.717, 1.165) is 16.7 Å². The van der Waals surface area contributed by atoms with Crippen LogP contribution in [0.15, 0.2) is 18.2 Å². The molecular formula is C21H32O4. The summed E-state index contributed by atoms with van der Waals surface area (Å²) in [6.45, 7) is 11.0. The maximum Gasteiger partial charge on any atom is 0.306 e. The summed E-state index contributed by atoms with van der Waals surface area (Å²) in [4.78, 5) is 23.7. The summed E-state index contributed by atoms with van der Waals surface area (Å²) in [5.41, 5.74) is 3.36. The summed E-state index contributed by atoms with van der Waals surface area (Å²) in [7, 11) is 0. The zero-order valence-electron chi connectivity index (χ0n) is 16.3. The van der Waals surface area contributed by atoms with Crippen molar-refractivity contribution in [2.45, 2.75) is 60.3 Å². The van der Waals surface area contributed by atoms with Crippen LogP contribution >= 0.6 is 0 Å². The molecule has 0 N–H and O–H groups in total. The van der Waals surface area contributed by atoms with Crippen LogP contribution in [-0.4, -0.2) is 25.2 Å². The van der Waals surface area contributed by atoms with Gasteiger partial charge in [0.25, 0.3) is 0 Å². The third-order valence-corrected chi connectivity index (χ3v) is 3.71. The van der Waals surface area contributed by atoms with Crippen LogP contribution < -0.4 is 0 Å². The average molecular weight is 348 g/mol. The second-order valence-corrected chi connectivity index (χ2v) is 7.43. The second-order valence-electron chi connectivity index (χ2n) is 7.43. The molecule has 0 aliphatic heterocycles. The van der Waals surface area contributed by atoms with Gasteiger partial charge in [-0.1, -0.05) is 51.5 Å². The first-order valence-corrected chi connectivity index (χ1v) is 9.17. The average Bonchev–Trinajstić information content (AvgIpc) is 2.55. The normalized spacial score (nSPS) is 11.0. The molecule has 25 heavy (non-hydrogen) atoms. The van der Waals surface area contributed by atoms with E-state index >= 15 is 0 Å². The Balaban J connectivity index is 2.57. The molecule has 0 aliphatic rings. The quantitative estimate of drug-likeness (QED) is 0.593. The van der Waals surface area contributed by atoms with E-state index in [-0.39, 0.29) is 11.9 Å². The standard InChI is InChI=1S/C21H32O4/c1-15(2)13-24-20(22)10-8-18-7-6-17(5)12-19(18)9-11-21(23)25-14-16(3)4/h6-7,12,15-16H,8-11,13-14H2,1-5H3. The molecule has 0 unspecified atom stereocenters. The van der Waals surface area contributed by atoms with E-state index in [1.807, 2.05) is 46.8 Å². The summed E-state index contributed by atoms with van der Waals surface area (Å²) in [5.74, 6) is 0.347. The number of hydrogen-bond acceptors (Lipinski definition) is 4. The van der Waals surface area contributed by atoms with E-state index < -0.39 is 0 Å². The van der Waals surface area contributed by atoms with Crippen LogP contribution in [-0.2, 0) is 31.9 Å². The molecule has 0 bridgehead atoms. The smallest absolute Gasteiger partial charge is 0.306 e. The molecular weight excluding hydrogens is 316 g/mol. The van der Waals surface area contributed by atoms with Gasteiger partial charge >= 0.3 is 11.9 Å². The predicted molar refractivity (Wildman–Crippen MR) is 99.4 cm³/mol. The molecule has 0 fully saturated rings. The number of carbonyl (C=O) groups excluding carboxylic acids is 2. The van der Waals surface area contributed by atoms with Gasteiger partial charge in [0.1, 0.15) is 0 Å². The van der Waals surface area contributed by atoms with Gasteiger partial charge in [0, 0.05) is 12.8 Å². The van der Waals surface area contributed by atoms with E-state index in [9.17, 15) is 9.59 Å². The van der Waals surface area contributed by atoms with Crippen molar-refractivity contribution in [1.29, 1.82) is 0 Å². The van der Waals surface area contributed by atoms with Gasteiger partial charge in [0.2, 0.25) is 0 Å². The number of hydrogen-bond donors (Lipinski definition) is 0. The third-order valence-electron chi connectivity index (χ3n) is 3.71. The molecule has 0 radical (unpaired) electrons. The minimum atomic E-state index is -0.170. The minimum Gasteiger partial charge on any atom is -0.465 e. The fraction of sp³-hybridized carbons (Fsp3) is 0.619. The molecule has 0 amide bonds. The van der Waals surface area contributed by atoms with Gasteiger partial charge in [-0.3, -0.25) is 9.59 Å². The first-order chi connectivity index (χ1) is 11.8. The number of benzene rings is 1. The molecule has 1 aromatic rings. The Morgan fingerprint density at radius 3 is 1.80 bits per heavy atom. The highest BCUT2D eigenvalue weighted by Gasteiger charge is 2.11. The minimum absolute atomic E-state index is 0.169. The fourth-order valence-electron chi connectivity index (χ4n) is 2.37. The van der Waals surface area contributed by atoms with Crippen molar-refractivity contribution < 1.29 is 19.1 Å². The number of aryl methyl sites for hydroxylation is 3. The van der Waals surface area contributed by atoms with Crippen molar-refractivity contribution in [2.24, 2.45) is 11.8 Å². The maximum atomic E-state index is 11.8. The monoisotopic (exact) mass is 348 g/mol. The molecule has 4 nitrogen and oxygen atoms in total. The Bertz CT molecular complexity index is 561. The van der Waals surface area contributed by atoms with E-state index in [4.69, 9.17) is 9.47 Å². The lowest BCUT2D eigenvalue weighted by atomic mass is 9.97. The summed E-state index contributed by atoms with van der Waals surface area (Å²) in [6, 6.07) is 6.17. The highest BCUT2D eigenvalue weighted by Crippen LogP contribution is 2.17. The van der Waals surface area contributed by atoms with Gasteiger partial charge in [0.05, 0.1) is 13.2 Å². The molecule has 1 rings (SSSR count). The van der Waals surface area contributed by atoms with E-state index in [0.29, 0.717) is 50.7 Å². The van der Waals surface area contributed by atoms with E-state index in [2.05, 4.69) is 6.07 Å². The van der Waals surface area contributed by atoms with Crippen LogP contribution in [0, 0.1) is 18.8 Å². The largest absolute Gasteiger partial charge is 0.465 e. The number of ether oxygens (including phenoxy) is 2. The van der Waals surface area contributed by atoms with Crippen LogP contribution in [0.4, 0.5) is 0 Å². The number of carbonyl (C=O) groups is 2. The van der Waals surface area contributed by atoms with E-state index in [1.54, 1.807) is 0 Å². The van der Waals surface area contributed by atoms with Crippen LogP contribution in [0.25, 0.3) is 0 Å². The van der Waals surface area contributed by atoms with Gasteiger partial charge in [-0.2, -0.15) is 0 Å². The highest BCUT2D eigenvalue weighted by atomic mass is 16.5. The van der Waals surface area contributed by atoms with Gasteiger partial charge in [-0.25, -0.2) is 0 Å². The van der Waals surface area contributed by atoms with Crippen molar-refractivity contribution >= 4 is 11.9 Å². The zero-order valence-corrected chi connectivity index (χ0v) is 16.3. The van der Waals surface area contributed by atoms with Crippen molar-refractivity contribution in [3.8, 4) is 0 Å². The van der Waals surface area contributed by atoms with Crippen molar-refractivity contribution in [1.82, 2.24) is 0 Å². The molecule has 4 heteroatoms. The Kier molecular flexibility index (Phi) is 9.25. The maximum absolute atomic E-state index is 11.8. The third kappa shape index (κ3) is 9.28. The summed E-state index contributed by atoms with van der Waals surface area (Å²) in [6.07, 6.45) is 1.99. The Morgan fingerprint density at radius 1 is 0.840 bits per heavy atom. The van der Waals surface area contributed by atoms with Crippen molar-refractivity contribution in [3.63, 3.8) is 0 Å². The lowest BCUT2D eigenvalue weighted by Crippen LogP contribution is -2.12. The molecule has 140 valence electrons. The van der Waals surface area contributed by atoms with E-state index in [1.165, 1.54) is 0 Å². The molecule has 0 saturated carbocycles. The van der Waals surface area contributed by atoms with Crippen molar-refractivity contribution in [2.75, 3.05) is 13.2 Å². The van der Waals surface area contributed by atoms with Crippen LogP contribution in [0.2, 0.25) is 0 Å². The lowest BCUT2D eigenvalue weighted by molar-refractivity contribution is -0.145. The summed E-state index contributed by atoms with van der Waals surface area (Å²) < 4.78 is 10.5. The van der Waals surface area contributed by atoms with Crippen LogP contribution in [0.3, 0.4) is 0 Å². The lowest BCUT2D eigenvalue weighted by Gasteiger charge is -2.12. The highest BCUT2D eigenvalue weighted by molar-refractivity contribution is 5.70. The predicted octanol–water partition coefficient (Wildman–Crippen LogP) is 4.26. The summed E-state index contributed by atoms with van der Waals surface area (Å²) in [5, 5.41) is 0. The molecule has 1 aromatic carbocycles. The zero-order chi connectivity index (χ0) is 18.8. The molecule has 0 spiro atoms. The topological polar surface area (TPSA) is 52.6 Å². The van der Waals surface area contributed by atoms with Gasteiger partial charge < -0.3 is 9.47 Å². The second kappa shape index (κ2) is 10.9. The Labute approximate surface area is 151 Å². The van der Waals surface area contributed by atoms with Crippen LogP contribution in [0.5, 0.6) is 0 Å². The molecule has 0 atom stereocenters. The molecule has 0 heterocycles. The fourth-order valence-corrected chi connectivity index (χ4v) is 2.37.